The first-order valence-corrected chi connectivity index (χ1v) is 19.9. The van der Waals surface area contributed by atoms with Crippen LogP contribution in [-0.4, -0.2) is 117 Å². The topological polar surface area (TPSA) is 179 Å². The lowest BCUT2D eigenvalue weighted by Gasteiger charge is -2.38. The molecular weight excluding hydrogens is 727 g/mol. The SMILES string of the molecule is C[C@@]1(O)CCC[C@H]1n1c(=O)c(C(F)F)cc2cnc(NC3CCN(S(=O)(=O)N4CCN(CCOc5cccc(C6CCC(=O)NC6=O)c5)CC4)CC3)nc21. The number of nitrogens with one attached hydrogen (secondary N) is 2. The fourth-order valence-electron chi connectivity index (χ4n) is 8.08. The number of aromatic nitrogens is 3. The molecule has 54 heavy (non-hydrogen) atoms. The molecule has 3 aromatic rings. The van der Waals surface area contributed by atoms with Crippen molar-refractivity contribution in [2.75, 3.05) is 57.7 Å². The van der Waals surface area contributed by atoms with Gasteiger partial charge in [-0.05, 0) is 69.2 Å². The van der Waals surface area contributed by atoms with Gasteiger partial charge in [0.25, 0.3) is 22.2 Å². The van der Waals surface area contributed by atoms with Crippen LogP contribution in [0.3, 0.4) is 0 Å². The molecule has 18 heteroatoms. The Morgan fingerprint density at radius 2 is 1.78 bits per heavy atom. The van der Waals surface area contributed by atoms with E-state index >= 15 is 0 Å². The number of carbonyl (C=O) groups excluding carboxylic acids is 2. The predicted octanol–water partition coefficient (Wildman–Crippen LogP) is 2.54. The number of alkyl halides is 2. The molecule has 0 spiro atoms. The second-order valence-electron chi connectivity index (χ2n) is 14.8. The molecule has 4 fully saturated rings. The fourth-order valence-corrected chi connectivity index (χ4v) is 9.70. The summed E-state index contributed by atoms with van der Waals surface area (Å²) < 4.78 is 65.0. The molecule has 5 heterocycles. The molecule has 15 nitrogen and oxygen atoms in total. The number of fused-ring (bicyclic) bond motifs is 1. The minimum atomic E-state index is -3.69. The van der Waals surface area contributed by atoms with E-state index in [1.165, 1.54) is 19.4 Å². The van der Waals surface area contributed by atoms with Crippen LogP contribution in [0, 0.1) is 0 Å². The highest BCUT2D eigenvalue weighted by molar-refractivity contribution is 7.86. The molecule has 0 radical (unpaired) electrons. The molecule has 1 saturated carbocycles. The van der Waals surface area contributed by atoms with Gasteiger partial charge < -0.3 is 15.2 Å². The summed E-state index contributed by atoms with van der Waals surface area (Å²) in [5, 5.41) is 16.9. The smallest absolute Gasteiger partial charge is 0.282 e. The van der Waals surface area contributed by atoms with E-state index in [1.54, 1.807) is 6.92 Å². The van der Waals surface area contributed by atoms with Crippen molar-refractivity contribution in [3.63, 3.8) is 0 Å². The number of amides is 2. The molecule has 1 aliphatic carbocycles. The minimum absolute atomic E-state index is 0.162. The number of hydrogen-bond acceptors (Lipinski definition) is 11. The minimum Gasteiger partial charge on any atom is -0.492 e. The van der Waals surface area contributed by atoms with E-state index in [1.807, 2.05) is 24.3 Å². The molecule has 4 aliphatic rings. The summed E-state index contributed by atoms with van der Waals surface area (Å²) in [6.07, 6.45) is 1.64. The number of benzene rings is 1. The lowest BCUT2D eigenvalue weighted by molar-refractivity contribution is -0.134. The lowest BCUT2D eigenvalue weighted by atomic mass is 9.90. The van der Waals surface area contributed by atoms with Gasteiger partial charge in [0.2, 0.25) is 17.8 Å². The highest BCUT2D eigenvalue weighted by Gasteiger charge is 2.41. The van der Waals surface area contributed by atoms with Crippen LogP contribution in [0.15, 0.2) is 41.3 Å². The molecule has 7 rings (SSSR count). The lowest BCUT2D eigenvalue weighted by Crippen LogP contribution is -2.55. The Morgan fingerprint density at radius 1 is 1.04 bits per heavy atom. The fraction of sp³-hybridized carbons (Fsp3) is 0.583. The Hall–Kier alpha value is -4.10. The Balaban J connectivity index is 0.904. The van der Waals surface area contributed by atoms with Crippen LogP contribution in [0.4, 0.5) is 14.7 Å². The number of carbonyl (C=O) groups is 2. The number of pyridine rings is 1. The van der Waals surface area contributed by atoms with Gasteiger partial charge in [-0.25, -0.2) is 13.8 Å². The molecule has 2 amide bonds. The Bertz CT molecular complexity index is 2050. The van der Waals surface area contributed by atoms with Crippen molar-refractivity contribution in [3.05, 3.63) is 58.0 Å². The van der Waals surface area contributed by atoms with Gasteiger partial charge in [-0.1, -0.05) is 12.1 Å². The van der Waals surface area contributed by atoms with Crippen LogP contribution >= 0.6 is 0 Å². The number of piperidine rings is 2. The van der Waals surface area contributed by atoms with Gasteiger partial charge >= 0.3 is 0 Å². The van der Waals surface area contributed by atoms with E-state index in [4.69, 9.17) is 4.74 Å². The monoisotopic (exact) mass is 772 g/mol. The number of piperazine rings is 1. The number of rotatable bonds is 11. The maximum atomic E-state index is 13.8. The van der Waals surface area contributed by atoms with Crippen molar-refractivity contribution in [1.82, 2.24) is 33.4 Å². The summed E-state index contributed by atoms with van der Waals surface area (Å²) in [5.74, 6) is -0.119. The van der Waals surface area contributed by atoms with Crippen molar-refractivity contribution in [1.29, 1.82) is 0 Å². The molecule has 3 aliphatic heterocycles. The highest BCUT2D eigenvalue weighted by Crippen LogP contribution is 2.40. The zero-order chi connectivity index (χ0) is 38.2. The van der Waals surface area contributed by atoms with Gasteiger partial charge in [-0.15, -0.1) is 0 Å². The normalized spacial score (nSPS) is 25.4. The van der Waals surface area contributed by atoms with E-state index in [-0.39, 0.29) is 47.9 Å². The molecule has 3 saturated heterocycles. The zero-order valence-electron chi connectivity index (χ0n) is 30.1. The molecule has 1 unspecified atom stereocenters. The number of aliphatic hydroxyl groups is 1. The van der Waals surface area contributed by atoms with Crippen molar-refractivity contribution >= 4 is 39.0 Å². The number of imide groups is 1. The molecule has 1 aromatic carbocycles. The summed E-state index contributed by atoms with van der Waals surface area (Å²) >= 11 is 0. The number of hydrogen-bond donors (Lipinski definition) is 3. The van der Waals surface area contributed by atoms with Crippen LogP contribution in [-0.2, 0) is 19.8 Å². The average Bonchev–Trinajstić information content (AvgIpc) is 3.49. The third-order valence-electron chi connectivity index (χ3n) is 11.2. The second-order valence-corrected chi connectivity index (χ2v) is 16.7. The van der Waals surface area contributed by atoms with E-state index in [0.717, 1.165) is 11.6 Å². The van der Waals surface area contributed by atoms with E-state index in [0.29, 0.717) is 90.0 Å². The van der Waals surface area contributed by atoms with E-state index in [9.17, 15) is 36.7 Å². The van der Waals surface area contributed by atoms with E-state index in [2.05, 4.69) is 25.5 Å². The molecular formula is C36H46F2N8O7S. The van der Waals surface area contributed by atoms with Crippen LogP contribution in [0.25, 0.3) is 11.0 Å². The maximum Gasteiger partial charge on any atom is 0.282 e. The number of nitrogens with zero attached hydrogens (tertiary/aromatic N) is 6. The molecule has 3 atom stereocenters. The van der Waals surface area contributed by atoms with Crippen LogP contribution in [0.2, 0.25) is 0 Å². The predicted molar refractivity (Wildman–Crippen MR) is 194 cm³/mol. The van der Waals surface area contributed by atoms with Gasteiger partial charge in [0, 0.05) is 69.9 Å². The first-order chi connectivity index (χ1) is 25.8. The standard InChI is InChI=1S/C36H46F2N8O7S/c1-36(50)11-3-6-29(36)46-32-24(21-28(31(37)38)34(46)49)22-39-35(42-32)40-25-9-12-44(13-10-25)54(51,52)45-16-14-43(15-17-45)18-19-53-26-5-2-4-23(20-26)27-7-8-30(47)41-33(27)48/h2,4-5,20-22,25,27,29,31,50H,3,6-19H2,1H3,(H,39,40,42)(H,41,47,48)/t27?,29-,36-/m1/s1. The Labute approximate surface area is 311 Å². The molecule has 2 aromatic heterocycles. The van der Waals surface area contributed by atoms with Crippen molar-refractivity contribution in [2.45, 2.75) is 81.9 Å². The Kier molecular flexibility index (Phi) is 11.0. The highest BCUT2D eigenvalue weighted by atomic mass is 32.2. The summed E-state index contributed by atoms with van der Waals surface area (Å²) in [7, 11) is -3.69. The first-order valence-electron chi connectivity index (χ1n) is 18.5. The second kappa shape index (κ2) is 15.6. The third-order valence-corrected chi connectivity index (χ3v) is 13.2. The summed E-state index contributed by atoms with van der Waals surface area (Å²) in [4.78, 5) is 48.1. The summed E-state index contributed by atoms with van der Waals surface area (Å²) in [5.41, 5.74) is -1.83. The summed E-state index contributed by atoms with van der Waals surface area (Å²) in [6.45, 7) is 4.97. The van der Waals surface area contributed by atoms with Gasteiger partial charge in [-0.3, -0.25) is 29.2 Å². The quantitative estimate of drug-likeness (QED) is 0.244. The molecule has 3 N–H and O–H groups in total. The van der Waals surface area contributed by atoms with E-state index < -0.39 is 45.3 Å². The van der Waals surface area contributed by atoms with Crippen molar-refractivity contribution in [3.8, 4) is 5.75 Å². The van der Waals surface area contributed by atoms with Crippen LogP contribution in [0.1, 0.15) is 81.4 Å². The maximum absolute atomic E-state index is 13.8. The van der Waals surface area contributed by atoms with Gasteiger partial charge in [-0.2, -0.15) is 22.0 Å². The van der Waals surface area contributed by atoms with Gasteiger partial charge in [0.15, 0.2) is 0 Å². The molecule has 0 bridgehead atoms. The summed E-state index contributed by atoms with van der Waals surface area (Å²) in [6, 6.07) is 7.56. The zero-order valence-corrected chi connectivity index (χ0v) is 30.9. The third kappa shape index (κ3) is 7.98. The average molecular weight is 773 g/mol. The molecule has 292 valence electrons. The first kappa shape index (κ1) is 38.2. The largest absolute Gasteiger partial charge is 0.492 e. The number of ether oxygens (including phenoxy) is 1. The number of halogens is 2. The Morgan fingerprint density at radius 3 is 2.46 bits per heavy atom. The van der Waals surface area contributed by atoms with Crippen molar-refractivity contribution < 1.29 is 36.6 Å². The van der Waals surface area contributed by atoms with Crippen LogP contribution in [0.5, 0.6) is 5.75 Å². The number of anilines is 1. The van der Waals surface area contributed by atoms with Gasteiger partial charge in [0.05, 0.1) is 23.1 Å². The van der Waals surface area contributed by atoms with Gasteiger partial charge in [0.1, 0.15) is 18.0 Å². The van der Waals surface area contributed by atoms with Crippen LogP contribution < -0.4 is 20.9 Å². The van der Waals surface area contributed by atoms with Crippen molar-refractivity contribution in [2.24, 2.45) is 0 Å².